The van der Waals surface area contributed by atoms with Crippen molar-refractivity contribution >= 4 is 0 Å². The minimum absolute atomic E-state index is 0.830. The average Bonchev–Trinajstić information content (AvgIpc) is 2.07. The molecule has 1 aliphatic heterocycles. The second kappa shape index (κ2) is 4.19. The fraction of sp³-hybridized carbons (Fsp3) is 0.556. The van der Waals surface area contributed by atoms with Crippen LogP contribution in [0, 0.1) is 0 Å². The molecule has 0 radical (unpaired) electrons. The quantitative estimate of drug-likeness (QED) is 0.556. The van der Waals surface area contributed by atoms with Gasteiger partial charge in [-0.2, -0.15) is 0 Å². The van der Waals surface area contributed by atoms with E-state index in [0.717, 1.165) is 32.0 Å². The lowest BCUT2D eigenvalue weighted by Crippen LogP contribution is -2.34. The second-order valence-electron chi connectivity index (χ2n) is 2.59. The molecule has 11 heavy (non-hydrogen) atoms. The monoisotopic (exact) mass is 153 g/mol. The summed E-state index contributed by atoms with van der Waals surface area (Å²) in [6.45, 7) is 9.57. The Kier molecular flexibility index (Phi) is 3.17. The van der Waals surface area contributed by atoms with Crippen LogP contribution in [0.15, 0.2) is 24.4 Å². The van der Waals surface area contributed by atoms with Crippen LogP contribution in [0.5, 0.6) is 0 Å². The molecule has 0 bridgehead atoms. The smallest absolute Gasteiger partial charge is 0.0642 e. The van der Waals surface area contributed by atoms with Gasteiger partial charge >= 0.3 is 0 Å². The molecule has 1 saturated heterocycles. The minimum Gasteiger partial charge on any atom is -0.378 e. The first-order valence-electron chi connectivity index (χ1n) is 3.99. The van der Waals surface area contributed by atoms with Crippen molar-refractivity contribution in [2.24, 2.45) is 0 Å². The lowest BCUT2D eigenvalue weighted by atomic mass is 10.3. The SMILES string of the molecule is C=C(C=CC)N1CCOCC1. The Hall–Kier alpha value is -0.760. The second-order valence-corrected chi connectivity index (χ2v) is 2.59. The number of ether oxygens (including phenoxy) is 1. The van der Waals surface area contributed by atoms with Crippen LogP contribution in [-0.2, 0) is 4.74 Å². The molecule has 0 atom stereocenters. The van der Waals surface area contributed by atoms with Gasteiger partial charge in [-0.3, -0.25) is 0 Å². The van der Waals surface area contributed by atoms with Crippen LogP contribution in [0.25, 0.3) is 0 Å². The Bertz CT molecular complexity index is 157. The summed E-state index contributed by atoms with van der Waals surface area (Å²) in [4.78, 5) is 2.24. The summed E-state index contributed by atoms with van der Waals surface area (Å²) in [6, 6.07) is 0. The molecule has 0 saturated carbocycles. The first kappa shape index (κ1) is 8.34. The number of morpholine rings is 1. The zero-order valence-electron chi connectivity index (χ0n) is 7.05. The highest BCUT2D eigenvalue weighted by atomic mass is 16.5. The minimum atomic E-state index is 0.830. The van der Waals surface area contributed by atoms with E-state index >= 15 is 0 Å². The van der Waals surface area contributed by atoms with Gasteiger partial charge in [0.05, 0.1) is 13.2 Å². The number of nitrogens with zero attached hydrogens (tertiary/aromatic N) is 1. The van der Waals surface area contributed by atoms with E-state index in [1.54, 1.807) is 0 Å². The maximum Gasteiger partial charge on any atom is 0.0642 e. The molecule has 1 rings (SSSR count). The molecule has 1 aliphatic rings. The van der Waals surface area contributed by atoms with E-state index in [1.165, 1.54) is 0 Å². The van der Waals surface area contributed by atoms with Crippen LogP contribution in [0.2, 0.25) is 0 Å². The predicted molar refractivity (Wildman–Crippen MR) is 46.3 cm³/mol. The summed E-state index contributed by atoms with van der Waals surface area (Å²) >= 11 is 0. The lowest BCUT2D eigenvalue weighted by Gasteiger charge is -2.28. The number of rotatable bonds is 2. The van der Waals surface area contributed by atoms with Crippen LogP contribution >= 0.6 is 0 Å². The molecular weight excluding hydrogens is 138 g/mol. The Labute approximate surface area is 68.1 Å². The van der Waals surface area contributed by atoms with Gasteiger partial charge in [0.25, 0.3) is 0 Å². The molecule has 0 aliphatic carbocycles. The molecule has 0 spiro atoms. The summed E-state index contributed by atoms with van der Waals surface area (Å²) < 4.78 is 5.22. The molecule has 0 N–H and O–H groups in total. The van der Waals surface area contributed by atoms with E-state index < -0.39 is 0 Å². The van der Waals surface area contributed by atoms with Crippen molar-refractivity contribution in [3.8, 4) is 0 Å². The lowest BCUT2D eigenvalue weighted by molar-refractivity contribution is 0.0556. The molecule has 0 unspecified atom stereocenters. The van der Waals surface area contributed by atoms with Gasteiger partial charge in [0.2, 0.25) is 0 Å². The number of hydrogen-bond acceptors (Lipinski definition) is 2. The van der Waals surface area contributed by atoms with E-state index in [-0.39, 0.29) is 0 Å². The fourth-order valence-electron chi connectivity index (χ4n) is 1.15. The third kappa shape index (κ3) is 2.39. The maximum absolute atomic E-state index is 5.22. The van der Waals surface area contributed by atoms with Crippen molar-refractivity contribution in [2.75, 3.05) is 26.3 Å². The first-order valence-corrected chi connectivity index (χ1v) is 3.99. The van der Waals surface area contributed by atoms with E-state index in [2.05, 4.69) is 11.5 Å². The molecule has 2 nitrogen and oxygen atoms in total. The highest BCUT2D eigenvalue weighted by Gasteiger charge is 2.08. The van der Waals surface area contributed by atoms with Crippen LogP contribution in [-0.4, -0.2) is 31.2 Å². The van der Waals surface area contributed by atoms with Crippen LogP contribution in [0.4, 0.5) is 0 Å². The topological polar surface area (TPSA) is 12.5 Å². The normalized spacial score (nSPS) is 19.2. The molecule has 62 valence electrons. The third-order valence-electron chi connectivity index (χ3n) is 1.78. The highest BCUT2D eigenvalue weighted by molar-refractivity contribution is 5.12. The van der Waals surface area contributed by atoms with E-state index in [1.807, 2.05) is 19.1 Å². The molecule has 0 aromatic carbocycles. The first-order chi connectivity index (χ1) is 5.34. The highest BCUT2D eigenvalue weighted by Crippen LogP contribution is 2.06. The van der Waals surface area contributed by atoms with Gasteiger partial charge in [0.15, 0.2) is 0 Å². The summed E-state index contributed by atoms with van der Waals surface area (Å²) in [5.41, 5.74) is 1.09. The Morgan fingerprint density at radius 1 is 1.45 bits per heavy atom. The molecule has 0 aromatic heterocycles. The van der Waals surface area contributed by atoms with Gasteiger partial charge in [0, 0.05) is 18.8 Å². The molecule has 1 fully saturated rings. The van der Waals surface area contributed by atoms with Crippen molar-refractivity contribution in [3.63, 3.8) is 0 Å². The molecular formula is C9H15NO. The van der Waals surface area contributed by atoms with E-state index in [0.29, 0.717) is 0 Å². The van der Waals surface area contributed by atoms with Gasteiger partial charge in [0.1, 0.15) is 0 Å². The van der Waals surface area contributed by atoms with Crippen molar-refractivity contribution in [1.82, 2.24) is 4.90 Å². The number of allylic oxidation sites excluding steroid dienone is 2. The van der Waals surface area contributed by atoms with Gasteiger partial charge in [-0.05, 0) is 13.0 Å². The Balaban J connectivity index is 2.38. The third-order valence-corrected chi connectivity index (χ3v) is 1.78. The summed E-state index contributed by atoms with van der Waals surface area (Å²) in [5.74, 6) is 0. The molecule has 1 heterocycles. The average molecular weight is 153 g/mol. The van der Waals surface area contributed by atoms with Gasteiger partial charge in [-0.15, -0.1) is 0 Å². The van der Waals surface area contributed by atoms with Crippen LogP contribution < -0.4 is 0 Å². The molecule has 0 aromatic rings. The standard InChI is InChI=1S/C9H15NO/c1-3-4-9(2)10-5-7-11-8-6-10/h3-4H,2,5-8H2,1H3. The Morgan fingerprint density at radius 2 is 2.09 bits per heavy atom. The van der Waals surface area contributed by atoms with Crippen LogP contribution in [0.3, 0.4) is 0 Å². The molecule has 0 amide bonds. The van der Waals surface area contributed by atoms with E-state index in [9.17, 15) is 0 Å². The maximum atomic E-state index is 5.22. The van der Waals surface area contributed by atoms with Crippen LogP contribution in [0.1, 0.15) is 6.92 Å². The predicted octanol–water partition coefficient (Wildman–Crippen LogP) is 1.41. The van der Waals surface area contributed by atoms with Gasteiger partial charge in [-0.1, -0.05) is 12.7 Å². The van der Waals surface area contributed by atoms with Crippen molar-refractivity contribution in [3.05, 3.63) is 24.4 Å². The zero-order valence-corrected chi connectivity index (χ0v) is 7.05. The van der Waals surface area contributed by atoms with Crippen molar-refractivity contribution in [1.29, 1.82) is 0 Å². The van der Waals surface area contributed by atoms with Gasteiger partial charge < -0.3 is 9.64 Å². The zero-order chi connectivity index (χ0) is 8.10. The Morgan fingerprint density at radius 3 is 2.64 bits per heavy atom. The summed E-state index contributed by atoms with van der Waals surface area (Å²) in [5, 5.41) is 0. The number of hydrogen-bond donors (Lipinski definition) is 0. The van der Waals surface area contributed by atoms with Gasteiger partial charge in [-0.25, -0.2) is 0 Å². The van der Waals surface area contributed by atoms with Crippen molar-refractivity contribution in [2.45, 2.75) is 6.92 Å². The van der Waals surface area contributed by atoms with E-state index in [4.69, 9.17) is 4.74 Å². The largest absolute Gasteiger partial charge is 0.378 e. The molecule has 2 heteroatoms. The van der Waals surface area contributed by atoms with Crippen molar-refractivity contribution < 1.29 is 4.74 Å². The summed E-state index contributed by atoms with van der Waals surface area (Å²) in [6.07, 6.45) is 4.04. The summed E-state index contributed by atoms with van der Waals surface area (Å²) in [7, 11) is 0. The fourth-order valence-corrected chi connectivity index (χ4v) is 1.15.